The number of rotatable bonds is 9. The van der Waals surface area contributed by atoms with E-state index in [0.29, 0.717) is 31.4 Å². The van der Waals surface area contributed by atoms with Crippen molar-refractivity contribution in [1.29, 1.82) is 0 Å². The van der Waals surface area contributed by atoms with Gasteiger partial charge < -0.3 is 14.7 Å². The Morgan fingerprint density at radius 1 is 1.33 bits per heavy atom. The van der Waals surface area contributed by atoms with E-state index >= 15 is 0 Å². The van der Waals surface area contributed by atoms with Gasteiger partial charge in [-0.1, -0.05) is 38.1 Å². The minimum absolute atomic E-state index is 0.0138. The van der Waals surface area contributed by atoms with Gasteiger partial charge in [0.1, 0.15) is 0 Å². The first-order valence-corrected chi connectivity index (χ1v) is 10.7. The summed E-state index contributed by atoms with van der Waals surface area (Å²) in [5.41, 5.74) is 1.58. The van der Waals surface area contributed by atoms with Crippen molar-refractivity contribution >= 4 is 11.9 Å². The first kappa shape index (κ1) is 23.7. The van der Waals surface area contributed by atoms with Gasteiger partial charge in [0.2, 0.25) is 5.91 Å². The number of amides is 1. The second-order valence-electron chi connectivity index (χ2n) is 7.79. The number of methoxy groups -OCH3 is 1. The van der Waals surface area contributed by atoms with Crippen LogP contribution in [-0.2, 0) is 16.0 Å². The van der Waals surface area contributed by atoms with Gasteiger partial charge in [-0.2, -0.15) is 0 Å². The lowest BCUT2D eigenvalue weighted by molar-refractivity contribution is -0.128. The minimum atomic E-state index is -0.565. The van der Waals surface area contributed by atoms with Crippen molar-refractivity contribution in [2.24, 2.45) is 5.92 Å². The van der Waals surface area contributed by atoms with E-state index in [0.717, 1.165) is 24.8 Å². The summed E-state index contributed by atoms with van der Waals surface area (Å²) in [7, 11) is 1.36. The van der Waals surface area contributed by atoms with E-state index < -0.39 is 6.10 Å². The predicted molar refractivity (Wildman–Crippen MR) is 118 cm³/mol. The van der Waals surface area contributed by atoms with Gasteiger partial charge >= 0.3 is 5.97 Å². The van der Waals surface area contributed by atoms with Crippen LogP contribution in [-0.4, -0.2) is 47.7 Å². The molecule has 1 amide bonds. The molecule has 0 aromatic heterocycles. The molecule has 0 bridgehead atoms. The number of aliphatic hydroxyl groups is 1. The van der Waals surface area contributed by atoms with Gasteiger partial charge in [-0.05, 0) is 42.9 Å². The number of esters is 1. The number of likely N-dealkylation sites (tertiary alicyclic amines) is 1. The molecule has 1 saturated heterocycles. The average molecular weight is 412 g/mol. The molecule has 1 aromatic carbocycles. The molecule has 1 aliphatic rings. The van der Waals surface area contributed by atoms with Crippen molar-refractivity contribution < 1.29 is 19.4 Å². The van der Waals surface area contributed by atoms with Gasteiger partial charge in [-0.3, -0.25) is 4.79 Å². The van der Waals surface area contributed by atoms with Crippen LogP contribution in [0.3, 0.4) is 0 Å². The molecular formula is C25H33NO4. The molecule has 162 valence electrons. The van der Waals surface area contributed by atoms with Crippen molar-refractivity contribution in [3.63, 3.8) is 0 Å². The summed E-state index contributed by atoms with van der Waals surface area (Å²) in [6.07, 6.45) is 7.83. The third-order valence-electron chi connectivity index (χ3n) is 5.43. The number of benzene rings is 1. The fourth-order valence-corrected chi connectivity index (χ4v) is 3.42. The highest BCUT2D eigenvalue weighted by atomic mass is 16.5. The van der Waals surface area contributed by atoms with Crippen LogP contribution < -0.4 is 0 Å². The lowest BCUT2D eigenvalue weighted by Crippen LogP contribution is -2.34. The summed E-state index contributed by atoms with van der Waals surface area (Å²) in [4.78, 5) is 25.7. The molecule has 0 radical (unpaired) electrons. The summed E-state index contributed by atoms with van der Waals surface area (Å²) >= 11 is 0. The molecule has 1 fully saturated rings. The van der Waals surface area contributed by atoms with Crippen molar-refractivity contribution in [2.75, 3.05) is 13.7 Å². The van der Waals surface area contributed by atoms with Crippen molar-refractivity contribution in [2.45, 2.75) is 64.5 Å². The van der Waals surface area contributed by atoms with E-state index in [9.17, 15) is 14.7 Å². The summed E-state index contributed by atoms with van der Waals surface area (Å²) in [5.74, 6) is 6.09. The molecule has 5 heteroatoms. The van der Waals surface area contributed by atoms with Crippen LogP contribution in [0.2, 0.25) is 0 Å². The van der Waals surface area contributed by atoms with Gasteiger partial charge in [0.05, 0.1) is 24.8 Å². The zero-order valence-electron chi connectivity index (χ0n) is 18.3. The first-order valence-electron chi connectivity index (χ1n) is 10.7. The Labute approximate surface area is 180 Å². The topological polar surface area (TPSA) is 66.8 Å². The van der Waals surface area contributed by atoms with Crippen LogP contribution in [0.15, 0.2) is 36.4 Å². The Bertz CT molecular complexity index is 788. The van der Waals surface area contributed by atoms with Crippen LogP contribution >= 0.6 is 0 Å². The standard InChI is InChI=1S/C25H33NO4/c1-4-5-6-7-8-19(2)23(27)15-13-22-14-16-24(28)26(22)18-17-20-9-11-21(12-10-20)25(29)30-3/h9-13,15,19,22-23,27H,4-5,8,14,16-18H2,1-3H3/t19-,22-,23-/m0/s1. The van der Waals surface area contributed by atoms with E-state index in [1.807, 2.05) is 36.1 Å². The van der Waals surface area contributed by atoms with E-state index in [2.05, 4.69) is 18.8 Å². The Morgan fingerprint density at radius 2 is 2.07 bits per heavy atom. The molecule has 1 aliphatic heterocycles. The second-order valence-corrected chi connectivity index (χ2v) is 7.79. The zero-order chi connectivity index (χ0) is 21.9. The van der Waals surface area contributed by atoms with Crippen molar-refractivity contribution in [1.82, 2.24) is 4.90 Å². The number of hydrogen-bond donors (Lipinski definition) is 1. The molecule has 0 aliphatic carbocycles. The van der Waals surface area contributed by atoms with Crippen molar-refractivity contribution in [3.05, 3.63) is 47.5 Å². The van der Waals surface area contributed by atoms with Gasteiger partial charge in [0.15, 0.2) is 0 Å². The Kier molecular flexibility index (Phi) is 9.63. The average Bonchev–Trinajstić information content (AvgIpc) is 3.12. The molecular weight excluding hydrogens is 378 g/mol. The first-order chi connectivity index (χ1) is 14.5. The molecule has 1 N–H and O–H groups in total. The Balaban J connectivity index is 1.89. The SMILES string of the molecule is CCCC#CC[C@H](C)[C@@H](O)C=C[C@H]1CCC(=O)N1CCc1ccc(C(=O)OC)cc1. The van der Waals surface area contributed by atoms with Crippen LogP contribution in [0.4, 0.5) is 0 Å². The van der Waals surface area contributed by atoms with Gasteiger partial charge in [0, 0.05) is 25.8 Å². The maximum atomic E-state index is 12.3. The maximum Gasteiger partial charge on any atom is 0.337 e. The Morgan fingerprint density at radius 3 is 2.73 bits per heavy atom. The monoisotopic (exact) mass is 411 g/mol. The number of nitrogens with zero attached hydrogens (tertiary/aromatic N) is 1. The summed E-state index contributed by atoms with van der Waals surface area (Å²) < 4.78 is 4.71. The molecule has 0 spiro atoms. The number of ether oxygens (including phenoxy) is 1. The summed E-state index contributed by atoms with van der Waals surface area (Å²) in [5, 5.41) is 10.4. The predicted octanol–water partition coefficient (Wildman–Crippen LogP) is 3.75. The Hall–Kier alpha value is -2.58. The molecule has 1 heterocycles. The van der Waals surface area contributed by atoms with Crippen LogP contribution in [0.25, 0.3) is 0 Å². The highest BCUT2D eigenvalue weighted by Crippen LogP contribution is 2.21. The fraction of sp³-hybridized carbons (Fsp3) is 0.520. The lowest BCUT2D eigenvalue weighted by atomic mass is 9.99. The summed E-state index contributed by atoms with van der Waals surface area (Å²) in [6, 6.07) is 7.28. The van der Waals surface area contributed by atoms with E-state index in [-0.39, 0.29) is 23.8 Å². The molecule has 0 saturated carbocycles. The third-order valence-corrected chi connectivity index (χ3v) is 5.43. The quantitative estimate of drug-likeness (QED) is 0.382. The number of carbonyl (C=O) groups excluding carboxylic acids is 2. The third kappa shape index (κ3) is 7.03. The minimum Gasteiger partial charge on any atom is -0.465 e. The van der Waals surface area contributed by atoms with Gasteiger partial charge in [-0.15, -0.1) is 11.8 Å². The number of hydrogen-bond acceptors (Lipinski definition) is 4. The second kappa shape index (κ2) is 12.2. The van der Waals surface area contributed by atoms with E-state index in [4.69, 9.17) is 4.74 Å². The zero-order valence-corrected chi connectivity index (χ0v) is 18.3. The largest absolute Gasteiger partial charge is 0.465 e. The lowest BCUT2D eigenvalue weighted by Gasteiger charge is -2.23. The number of aliphatic hydroxyl groups excluding tert-OH is 1. The normalized spacial score (nSPS) is 18.2. The highest BCUT2D eigenvalue weighted by Gasteiger charge is 2.28. The molecule has 3 atom stereocenters. The number of unbranched alkanes of at least 4 members (excludes halogenated alkanes) is 1. The highest BCUT2D eigenvalue weighted by molar-refractivity contribution is 5.89. The van der Waals surface area contributed by atoms with Gasteiger partial charge in [0.25, 0.3) is 0 Å². The molecule has 2 rings (SSSR count). The van der Waals surface area contributed by atoms with Crippen LogP contribution in [0.5, 0.6) is 0 Å². The van der Waals surface area contributed by atoms with E-state index in [1.54, 1.807) is 12.1 Å². The smallest absolute Gasteiger partial charge is 0.337 e. The maximum absolute atomic E-state index is 12.3. The van der Waals surface area contributed by atoms with Crippen molar-refractivity contribution in [3.8, 4) is 11.8 Å². The molecule has 1 aromatic rings. The number of carbonyl (C=O) groups is 2. The summed E-state index contributed by atoms with van der Waals surface area (Å²) in [6.45, 7) is 4.70. The van der Waals surface area contributed by atoms with Gasteiger partial charge in [-0.25, -0.2) is 4.79 Å². The fourth-order valence-electron chi connectivity index (χ4n) is 3.42. The van der Waals surface area contributed by atoms with E-state index in [1.165, 1.54) is 7.11 Å². The van der Waals surface area contributed by atoms with Crippen LogP contribution in [0, 0.1) is 17.8 Å². The van der Waals surface area contributed by atoms with Crippen LogP contribution in [0.1, 0.15) is 61.9 Å². The molecule has 0 unspecified atom stereocenters. The molecule has 5 nitrogen and oxygen atoms in total. The molecule has 30 heavy (non-hydrogen) atoms.